The SMILES string of the molecule is Cn1cc(C(=O)C(=O)NC(C)(C)CO)c(Cl)c1C=O. The van der Waals surface area contributed by atoms with Crippen LogP contribution in [0.1, 0.15) is 34.7 Å². The first-order valence-electron chi connectivity index (χ1n) is 5.51. The Hall–Kier alpha value is -1.66. The molecule has 0 saturated carbocycles. The van der Waals surface area contributed by atoms with E-state index in [0.717, 1.165) is 0 Å². The Morgan fingerprint density at radius 1 is 1.53 bits per heavy atom. The van der Waals surface area contributed by atoms with Crippen molar-refractivity contribution in [3.05, 3.63) is 22.5 Å². The molecule has 0 bridgehead atoms. The van der Waals surface area contributed by atoms with Crippen LogP contribution in [0.4, 0.5) is 0 Å². The minimum atomic E-state index is -0.915. The normalized spacial score (nSPS) is 11.2. The molecule has 1 heterocycles. The topological polar surface area (TPSA) is 88.4 Å². The van der Waals surface area contributed by atoms with E-state index in [1.165, 1.54) is 10.8 Å². The maximum atomic E-state index is 11.9. The molecule has 0 aliphatic heterocycles. The minimum Gasteiger partial charge on any atom is -0.394 e. The number of amides is 1. The van der Waals surface area contributed by atoms with Crippen molar-refractivity contribution in [2.45, 2.75) is 19.4 Å². The first-order chi connectivity index (χ1) is 8.73. The number of hydrogen-bond acceptors (Lipinski definition) is 4. The lowest BCUT2D eigenvalue weighted by Gasteiger charge is -2.22. The number of aromatic nitrogens is 1. The van der Waals surface area contributed by atoms with Gasteiger partial charge in [-0.25, -0.2) is 0 Å². The summed E-state index contributed by atoms with van der Waals surface area (Å²) in [5.41, 5.74) is -0.835. The molecule has 0 saturated heterocycles. The molecule has 19 heavy (non-hydrogen) atoms. The highest BCUT2D eigenvalue weighted by Gasteiger charge is 2.27. The molecule has 104 valence electrons. The standard InChI is InChI=1S/C12H15ClN2O4/c1-12(2,6-17)14-11(19)10(18)7-4-15(3)8(5-16)9(7)13/h4-5,17H,6H2,1-3H3,(H,14,19). The van der Waals surface area contributed by atoms with Gasteiger partial charge in [-0.2, -0.15) is 0 Å². The molecule has 0 radical (unpaired) electrons. The molecule has 2 N–H and O–H groups in total. The van der Waals surface area contributed by atoms with E-state index in [1.54, 1.807) is 20.9 Å². The third-order valence-corrected chi connectivity index (χ3v) is 2.97. The van der Waals surface area contributed by atoms with Crippen molar-refractivity contribution in [1.29, 1.82) is 0 Å². The summed E-state index contributed by atoms with van der Waals surface area (Å²) in [5.74, 6) is -1.74. The second-order valence-corrected chi connectivity index (χ2v) is 5.17. The van der Waals surface area contributed by atoms with E-state index in [2.05, 4.69) is 5.32 Å². The van der Waals surface area contributed by atoms with Crippen LogP contribution < -0.4 is 5.32 Å². The third kappa shape index (κ3) is 3.21. The molecule has 0 fully saturated rings. The first kappa shape index (κ1) is 15.4. The van der Waals surface area contributed by atoms with Crippen molar-refractivity contribution in [3.63, 3.8) is 0 Å². The number of nitrogens with one attached hydrogen (secondary N) is 1. The van der Waals surface area contributed by atoms with Gasteiger partial charge in [0.05, 0.1) is 22.7 Å². The van der Waals surface area contributed by atoms with Gasteiger partial charge in [0.15, 0.2) is 6.29 Å². The summed E-state index contributed by atoms with van der Waals surface area (Å²) in [6, 6.07) is 0. The number of aryl methyl sites for hydroxylation is 1. The molecular formula is C12H15ClN2O4. The smallest absolute Gasteiger partial charge is 0.292 e. The highest BCUT2D eigenvalue weighted by atomic mass is 35.5. The monoisotopic (exact) mass is 286 g/mol. The van der Waals surface area contributed by atoms with Gasteiger partial charge in [-0.1, -0.05) is 11.6 Å². The lowest BCUT2D eigenvalue weighted by Crippen LogP contribution is -2.48. The van der Waals surface area contributed by atoms with Crippen LogP contribution in [0, 0.1) is 0 Å². The third-order valence-electron chi connectivity index (χ3n) is 2.57. The number of halogens is 1. The summed E-state index contributed by atoms with van der Waals surface area (Å²) in [6.07, 6.45) is 1.83. The summed E-state index contributed by atoms with van der Waals surface area (Å²) < 4.78 is 1.37. The molecule has 0 aliphatic rings. The quantitative estimate of drug-likeness (QED) is 0.470. The number of nitrogens with zero attached hydrogens (tertiary/aromatic N) is 1. The zero-order valence-electron chi connectivity index (χ0n) is 10.9. The first-order valence-corrected chi connectivity index (χ1v) is 5.89. The Balaban J connectivity index is 3.02. The Labute approximate surface area is 115 Å². The Morgan fingerprint density at radius 3 is 2.53 bits per heavy atom. The van der Waals surface area contributed by atoms with Crippen LogP contribution in [0.2, 0.25) is 5.02 Å². The van der Waals surface area contributed by atoms with Crippen molar-refractivity contribution in [1.82, 2.24) is 9.88 Å². The van der Waals surface area contributed by atoms with Crippen molar-refractivity contribution < 1.29 is 19.5 Å². The summed E-state index contributed by atoms with van der Waals surface area (Å²) in [6.45, 7) is 2.83. The fraction of sp³-hybridized carbons (Fsp3) is 0.417. The molecular weight excluding hydrogens is 272 g/mol. The number of aldehydes is 1. The number of carbonyl (C=O) groups is 3. The second kappa shape index (κ2) is 5.54. The van der Waals surface area contributed by atoms with E-state index in [-0.39, 0.29) is 22.9 Å². The van der Waals surface area contributed by atoms with Gasteiger partial charge in [0, 0.05) is 13.2 Å². The van der Waals surface area contributed by atoms with Gasteiger partial charge in [-0.3, -0.25) is 14.4 Å². The largest absolute Gasteiger partial charge is 0.394 e. The predicted octanol–water partition coefficient (Wildman–Crippen LogP) is 0.561. The van der Waals surface area contributed by atoms with Gasteiger partial charge < -0.3 is 15.0 Å². The zero-order chi connectivity index (χ0) is 14.8. The van der Waals surface area contributed by atoms with Gasteiger partial charge in [0.25, 0.3) is 11.7 Å². The van der Waals surface area contributed by atoms with E-state index < -0.39 is 17.2 Å². The van der Waals surface area contributed by atoms with E-state index in [0.29, 0.717) is 6.29 Å². The van der Waals surface area contributed by atoms with E-state index in [9.17, 15) is 14.4 Å². The summed E-state index contributed by atoms with van der Waals surface area (Å²) in [5, 5.41) is 11.4. The number of Topliss-reactive ketones (excluding diaryl/α,β-unsaturated/α-hetero) is 1. The molecule has 0 aliphatic carbocycles. The van der Waals surface area contributed by atoms with E-state index in [1.807, 2.05) is 0 Å². The van der Waals surface area contributed by atoms with Crippen LogP contribution in [-0.4, -0.2) is 39.8 Å². The maximum Gasteiger partial charge on any atom is 0.292 e. The van der Waals surface area contributed by atoms with Crippen LogP contribution in [-0.2, 0) is 11.8 Å². The summed E-state index contributed by atoms with van der Waals surface area (Å²) >= 11 is 5.87. The average Bonchev–Trinajstić information content (AvgIpc) is 2.62. The fourth-order valence-electron chi connectivity index (χ4n) is 1.43. The van der Waals surface area contributed by atoms with Gasteiger partial charge in [0.2, 0.25) is 0 Å². The lowest BCUT2D eigenvalue weighted by atomic mass is 10.1. The molecule has 6 nitrogen and oxygen atoms in total. The number of hydrogen-bond donors (Lipinski definition) is 2. The van der Waals surface area contributed by atoms with Crippen molar-refractivity contribution >= 4 is 29.6 Å². The molecule has 1 rings (SSSR count). The number of ketones is 1. The highest BCUT2D eigenvalue weighted by Crippen LogP contribution is 2.22. The zero-order valence-corrected chi connectivity index (χ0v) is 11.6. The molecule has 1 aromatic heterocycles. The van der Waals surface area contributed by atoms with Crippen molar-refractivity contribution in [3.8, 4) is 0 Å². The summed E-state index contributed by atoms with van der Waals surface area (Å²) in [7, 11) is 1.54. The number of aliphatic hydroxyl groups excluding tert-OH is 1. The number of rotatable bonds is 5. The number of carbonyl (C=O) groups excluding carboxylic acids is 3. The van der Waals surface area contributed by atoms with Crippen LogP contribution >= 0.6 is 11.6 Å². The van der Waals surface area contributed by atoms with Gasteiger partial charge in [-0.15, -0.1) is 0 Å². The molecule has 0 atom stereocenters. The van der Waals surface area contributed by atoms with Crippen LogP contribution in [0.15, 0.2) is 6.20 Å². The average molecular weight is 287 g/mol. The van der Waals surface area contributed by atoms with Crippen molar-refractivity contribution in [2.24, 2.45) is 7.05 Å². The molecule has 7 heteroatoms. The van der Waals surface area contributed by atoms with Crippen LogP contribution in [0.3, 0.4) is 0 Å². The van der Waals surface area contributed by atoms with Gasteiger partial charge in [0.1, 0.15) is 5.69 Å². The molecule has 0 aromatic carbocycles. The number of aliphatic hydroxyl groups is 1. The molecule has 1 aromatic rings. The fourth-order valence-corrected chi connectivity index (χ4v) is 1.74. The Bertz CT molecular complexity index is 534. The van der Waals surface area contributed by atoms with E-state index >= 15 is 0 Å². The Morgan fingerprint density at radius 2 is 2.11 bits per heavy atom. The van der Waals surface area contributed by atoms with Gasteiger partial charge in [-0.05, 0) is 13.8 Å². The van der Waals surface area contributed by atoms with Crippen LogP contribution in [0.25, 0.3) is 0 Å². The van der Waals surface area contributed by atoms with Gasteiger partial charge >= 0.3 is 0 Å². The summed E-state index contributed by atoms with van der Waals surface area (Å²) in [4.78, 5) is 34.5. The second-order valence-electron chi connectivity index (χ2n) is 4.80. The molecule has 1 amide bonds. The van der Waals surface area contributed by atoms with E-state index in [4.69, 9.17) is 16.7 Å². The van der Waals surface area contributed by atoms with Crippen molar-refractivity contribution in [2.75, 3.05) is 6.61 Å². The minimum absolute atomic E-state index is 0.0440. The predicted molar refractivity (Wildman–Crippen MR) is 69.4 cm³/mol. The maximum absolute atomic E-state index is 11.9. The highest BCUT2D eigenvalue weighted by molar-refractivity contribution is 6.47. The molecule has 0 spiro atoms. The lowest BCUT2D eigenvalue weighted by molar-refractivity contribution is -0.118. The Kier molecular flexibility index (Phi) is 4.49. The molecule has 0 unspecified atom stereocenters. The van der Waals surface area contributed by atoms with Crippen LogP contribution in [0.5, 0.6) is 0 Å².